The van der Waals surface area contributed by atoms with E-state index in [1.807, 2.05) is 20.8 Å². The molecule has 2 aromatic rings. The Morgan fingerprint density at radius 2 is 1.62 bits per heavy atom. The summed E-state index contributed by atoms with van der Waals surface area (Å²) in [6.45, 7) is 5.28. The highest BCUT2D eigenvalue weighted by Gasteiger charge is 2.41. The highest BCUT2D eigenvalue weighted by molar-refractivity contribution is 7.88. The monoisotopic (exact) mass is 537 g/mol. The molecule has 11 heteroatoms. The molecule has 0 heterocycles. The molecule has 2 rings (SSSR count). The van der Waals surface area contributed by atoms with Gasteiger partial charge in [0, 0.05) is 5.41 Å². The van der Waals surface area contributed by atoms with E-state index in [-0.39, 0.29) is 5.75 Å². The molecule has 188 valence electrons. The lowest BCUT2D eigenvalue weighted by molar-refractivity contribution is -0.189. The maximum atomic E-state index is 14.1. The van der Waals surface area contributed by atoms with Gasteiger partial charge in [0.2, 0.25) is 10.0 Å². The Hall–Kier alpha value is -1.94. The topological polar surface area (TPSA) is 81.7 Å². The van der Waals surface area contributed by atoms with Gasteiger partial charge in [-0.05, 0) is 41.8 Å². The number of nitrogens with one attached hydrogen (secondary N) is 1. The normalized spacial score (nSPS) is 12.5. The predicted octanol–water partition coefficient (Wildman–Crippen LogP) is 5.59. The number of benzene rings is 2. The van der Waals surface area contributed by atoms with Gasteiger partial charge in [-0.3, -0.25) is 4.79 Å². The number of carbonyl (C=O) groups is 1. The largest absolute Gasteiger partial charge is 0.490 e. The minimum atomic E-state index is -4.20. The van der Waals surface area contributed by atoms with Crippen LogP contribution in [0.15, 0.2) is 36.4 Å². The number of unbranched alkanes of at least 4 members (excludes halogenated alkanes) is 1. The molecule has 6 nitrogen and oxygen atoms in total. The van der Waals surface area contributed by atoms with E-state index in [4.69, 9.17) is 27.9 Å². The number of sulfonamides is 1. The average molecular weight is 538 g/mol. The minimum absolute atomic E-state index is 0.256. The van der Waals surface area contributed by atoms with Crippen LogP contribution in [0.3, 0.4) is 0 Å². The smallest absolute Gasteiger partial charge is 0.462 e. The van der Waals surface area contributed by atoms with Crippen LogP contribution in [0.1, 0.15) is 44.7 Å². The highest BCUT2D eigenvalue weighted by atomic mass is 35.5. The van der Waals surface area contributed by atoms with Crippen molar-refractivity contribution >= 4 is 39.0 Å². The Bertz CT molecular complexity index is 1100. The molecule has 0 radical (unpaired) electrons. The molecule has 0 aliphatic heterocycles. The van der Waals surface area contributed by atoms with Crippen LogP contribution in [-0.2, 0) is 20.2 Å². The van der Waals surface area contributed by atoms with E-state index in [9.17, 15) is 22.0 Å². The molecule has 0 atom stereocenters. The summed E-state index contributed by atoms with van der Waals surface area (Å²) in [5, 5.41) is 0.736. The molecule has 2 aromatic carbocycles. The van der Waals surface area contributed by atoms with Crippen LogP contribution in [0.2, 0.25) is 10.0 Å². The van der Waals surface area contributed by atoms with Gasteiger partial charge in [0.05, 0.1) is 29.5 Å². The number of alkyl halides is 2. The van der Waals surface area contributed by atoms with Crippen molar-refractivity contribution in [3.63, 3.8) is 0 Å². The third kappa shape index (κ3) is 7.53. The van der Waals surface area contributed by atoms with Crippen molar-refractivity contribution in [2.45, 2.75) is 45.1 Å². The minimum Gasteiger partial charge on any atom is -0.490 e. The Morgan fingerprint density at radius 1 is 1.06 bits per heavy atom. The summed E-state index contributed by atoms with van der Waals surface area (Å²) >= 11 is 12.8. The van der Waals surface area contributed by atoms with Crippen molar-refractivity contribution < 1.29 is 31.5 Å². The van der Waals surface area contributed by atoms with Crippen LogP contribution in [0.5, 0.6) is 11.5 Å². The van der Waals surface area contributed by atoms with Crippen molar-refractivity contribution in [1.82, 2.24) is 4.72 Å². The lowest BCUT2D eigenvalue weighted by Gasteiger charge is -2.27. The second-order valence-electron chi connectivity index (χ2n) is 8.26. The van der Waals surface area contributed by atoms with E-state index >= 15 is 0 Å². The van der Waals surface area contributed by atoms with Gasteiger partial charge >= 0.3 is 6.11 Å². The van der Waals surface area contributed by atoms with Crippen LogP contribution in [0.4, 0.5) is 8.78 Å². The zero-order chi connectivity index (χ0) is 25.7. The van der Waals surface area contributed by atoms with Crippen LogP contribution in [0.25, 0.3) is 0 Å². The highest BCUT2D eigenvalue weighted by Crippen LogP contribution is 2.41. The molecule has 34 heavy (non-hydrogen) atoms. The van der Waals surface area contributed by atoms with Gasteiger partial charge in [-0.15, -0.1) is 0 Å². The molecule has 0 saturated carbocycles. The summed E-state index contributed by atoms with van der Waals surface area (Å²) in [6.07, 6.45) is -1.61. The van der Waals surface area contributed by atoms with Gasteiger partial charge in [-0.1, -0.05) is 62.5 Å². The van der Waals surface area contributed by atoms with Crippen LogP contribution in [-0.4, -0.2) is 39.7 Å². The molecule has 0 unspecified atom stereocenters. The summed E-state index contributed by atoms with van der Waals surface area (Å²) < 4.78 is 62.1. The van der Waals surface area contributed by atoms with Crippen LogP contribution < -0.4 is 14.2 Å². The number of rotatable bonds is 12. The molecule has 1 N–H and O–H groups in total. The number of carbonyl (C=O) groups excluding carboxylic acids is 1. The Balaban J connectivity index is 2.19. The lowest BCUT2D eigenvalue weighted by Crippen LogP contribution is -2.42. The van der Waals surface area contributed by atoms with Crippen LogP contribution >= 0.6 is 23.2 Å². The maximum absolute atomic E-state index is 14.1. The molecule has 0 amide bonds. The molecule has 0 aromatic heterocycles. The second kappa shape index (κ2) is 11.2. The van der Waals surface area contributed by atoms with E-state index in [1.54, 1.807) is 29.0 Å². The Labute approximate surface area is 208 Å². The van der Waals surface area contributed by atoms with Crippen LogP contribution in [0, 0.1) is 0 Å². The molecule has 0 aliphatic rings. The first kappa shape index (κ1) is 28.3. The van der Waals surface area contributed by atoms with E-state index in [0.717, 1.165) is 30.2 Å². The van der Waals surface area contributed by atoms with E-state index in [2.05, 4.69) is 4.74 Å². The number of hydrogen-bond donors (Lipinski definition) is 1. The fourth-order valence-electron chi connectivity index (χ4n) is 2.99. The number of ether oxygens (including phenoxy) is 2. The predicted molar refractivity (Wildman–Crippen MR) is 129 cm³/mol. The first-order valence-electron chi connectivity index (χ1n) is 10.4. The third-order valence-corrected chi connectivity index (χ3v) is 6.34. The number of halogens is 4. The zero-order valence-electron chi connectivity index (χ0n) is 19.3. The van der Waals surface area contributed by atoms with Crippen molar-refractivity contribution in [3.8, 4) is 11.5 Å². The standard InChI is InChI=1S/C23H27Cl2F2NO5S/c1-5-6-11-32-21-18(24)12-16(13-19(21)25)22(2,3)15-7-9-17(10-8-15)33-23(26,27)20(29)14-28-34(4,30)31/h7-10,12-13,28H,5-6,11,14H2,1-4H3. The first-order chi connectivity index (χ1) is 15.7. The van der Waals surface area contributed by atoms with Gasteiger partial charge in [-0.25, -0.2) is 13.1 Å². The average Bonchev–Trinajstić information content (AvgIpc) is 2.73. The summed E-state index contributed by atoms with van der Waals surface area (Å²) in [5.41, 5.74) is 0.928. The molecule has 0 fully saturated rings. The summed E-state index contributed by atoms with van der Waals surface area (Å²) in [5.74, 6) is -1.56. The maximum Gasteiger partial charge on any atom is 0.462 e. The molecular formula is C23H27Cl2F2NO5S. The molecular weight excluding hydrogens is 511 g/mol. The number of ketones is 1. The number of Topliss-reactive ketones (excluding diaryl/α,β-unsaturated/α-hetero) is 1. The van der Waals surface area contributed by atoms with E-state index in [0.29, 0.717) is 22.4 Å². The van der Waals surface area contributed by atoms with Gasteiger partial charge in [0.15, 0.2) is 5.75 Å². The summed E-state index contributed by atoms with van der Waals surface area (Å²) in [4.78, 5) is 11.7. The van der Waals surface area contributed by atoms with Gasteiger partial charge in [-0.2, -0.15) is 8.78 Å². The Kier molecular flexibility index (Phi) is 9.32. The molecule has 0 saturated heterocycles. The second-order valence-corrected chi connectivity index (χ2v) is 10.9. The number of hydrogen-bond acceptors (Lipinski definition) is 5. The van der Waals surface area contributed by atoms with Crippen molar-refractivity contribution in [2.75, 3.05) is 19.4 Å². The van der Waals surface area contributed by atoms with Crippen molar-refractivity contribution in [1.29, 1.82) is 0 Å². The van der Waals surface area contributed by atoms with E-state index in [1.165, 1.54) is 12.1 Å². The third-order valence-electron chi connectivity index (χ3n) is 5.11. The van der Waals surface area contributed by atoms with E-state index < -0.39 is 33.9 Å². The fourth-order valence-corrected chi connectivity index (χ4v) is 3.98. The fraction of sp³-hybridized carbons (Fsp3) is 0.435. The van der Waals surface area contributed by atoms with Crippen molar-refractivity contribution in [3.05, 3.63) is 57.6 Å². The Morgan fingerprint density at radius 3 is 2.12 bits per heavy atom. The van der Waals surface area contributed by atoms with Crippen molar-refractivity contribution in [2.24, 2.45) is 0 Å². The SMILES string of the molecule is CCCCOc1c(Cl)cc(C(C)(C)c2ccc(OC(F)(F)C(=O)CNS(C)(=O)=O)cc2)cc1Cl. The molecule has 0 spiro atoms. The first-order valence-corrected chi connectivity index (χ1v) is 13.1. The molecule has 0 aliphatic carbocycles. The lowest BCUT2D eigenvalue weighted by atomic mass is 9.78. The zero-order valence-corrected chi connectivity index (χ0v) is 21.6. The quantitative estimate of drug-likeness (QED) is 0.357. The summed E-state index contributed by atoms with van der Waals surface area (Å²) in [7, 11) is -3.80. The van der Waals surface area contributed by atoms with Gasteiger partial charge < -0.3 is 9.47 Å². The van der Waals surface area contributed by atoms with Gasteiger partial charge in [0.25, 0.3) is 5.78 Å². The summed E-state index contributed by atoms with van der Waals surface area (Å²) in [6, 6.07) is 9.26. The van der Waals surface area contributed by atoms with Gasteiger partial charge in [0.1, 0.15) is 5.75 Å². The molecule has 0 bridgehead atoms.